The molecule has 0 saturated heterocycles. The van der Waals surface area contributed by atoms with Gasteiger partial charge in [0, 0.05) is 23.1 Å². The van der Waals surface area contributed by atoms with Gasteiger partial charge in [0.15, 0.2) is 0 Å². The van der Waals surface area contributed by atoms with E-state index >= 15 is 0 Å². The van der Waals surface area contributed by atoms with Crippen LogP contribution in [0.15, 0.2) is 42.5 Å². The van der Waals surface area contributed by atoms with Crippen LogP contribution in [-0.4, -0.2) is 13.0 Å². The summed E-state index contributed by atoms with van der Waals surface area (Å²) in [5.41, 5.74) is 13.5. The number of nitrogen functional groups attached to an aromatic ring is 2. The van der Waals surface area contributed by atoms with Crippen molar-refractivity contribution in [1.82, 2.24) is 0 Å². The highest BCUT2D eigenvalue weighted by Gasteiger charge is 2.10. The first-order valence-corrected chi connectivity index (χ1v) is 5.70. The van der Waals surface area contributed by atoms with Crippen molar-refractivity contribution in [2.75, 3.05) is 23.9 Å². The Bertz CT molecular complexity index is 594. The maximum absolute atomic E-state index is 12.1. The fourth-order valence-electron chi connectivity index (χ4n) is 1.64. The van der Waals surface area contributed by atoms with Crippen LogP contribution in [0.2, 0.25) is 0 Å². The Morgan fingerprint density at radius 2 is 1.79 bits per heavy atom. The van der Waals surface area contributed by atoms with Gasteiger partial charge in [-0.25, -0.2) is 0 Å². The Morgan fingerprint density at radius 1 is 1.11 bits per heavy atom. The van der Waals surface area contributed by atoms with Gasteiger partial charge < -0.3 is 21.5 Å². The summed E-state index contributed by atoms with van der Waals surface area (Å²) in [4.78, 5) is 12.1. The van der Waals surface area contributed by atoms with Gasteiger partial charge in [-0.05, 0) is 36.4 Å². The van der Waals surface area contributed by atoms with Gasteiger partial charge in [-0.1, -0.05) is 0 Å². The number of methoxy groups -OCH3 is 1. The monoisotopic (exact) mass is 257 g/mol. The first kappa shape index (κ1) is 12.8. The van der Waals surface area contributed by atoms with E-state index in [1.807, 2.05) is 0 Å². The van der Waals surface area contributed by atoms with Crippen molar-refractivity contribution in [3.8, 4) is 5.75 Å². The number of benzene rings is 2. The summed E-state index contributed by atoms with van der Waals surface area (Å²) >= 11 is 0. The average Bonchev–Trinajstić information content (AvgIpc) is 2.41. The fourth-order valence-corrected chi connectivity index (χ4v) is 1.64. The number of nitrogens with two attached hydrogens (primary N) is 2. The summed E-state index contributed by atoms with van der Waals surface area (Å²) in [7, 11) is 1.54. The number of rotatable bonds is 3. The standard InChI is InChI=1S/C14H15N3O2/c1-19-11-6-7-12(13(16)8-11)14(18)17-10-4-2-9(15)3-5-10/h2-8H,15-16H2,1H3,(H,17,18). The van der Waals surface area contributed by atoms with Crippen LogP contribution < -0.4 is 21.5 Å². The molecular weight excluding hydrogens is 242 g/mol. The van der Waals surface area contributed by atoms with E-state index in [9.17, 15) is 4.79 Å². The molecule has 0 aliphatic rings. The van der Waals surface area contributed by atoms with Crippen LogP contribution in [0, 0.1) is 0 Å². The molecular formula is C14H15N3O2. The normalized spacial score (nSPS) is 9.95. The highest BCUT2D eigenvalue weighted by molar-refractivity contribution is 6.07. The Kier molecular flexibility index (Phi) is 3.56. The molecule has 5 heteroatoms. The molecule has 0 saturated carbocycles. The van der Waals surface area contributed by atoms with Gasteiger partial charge in [0.2, 0.25) is 0 Å². The number of ether oxygens (including phenoxy) is 1. The summed E-state index contributed by atoms with van der Waals surface area (Å²) in [5, 5.41) is 2.75. The molecule has 0 aromatic heterocycles. The van der Waals surface area contributed by atoms with Gasteiger partial charge in [0.25, 0.3) is 5.91 Å². The predicted molar refractivity (Wildman–Crippen MR) is 76.2 cm³/mol. The van der Waals surface area contributed by atoms with E-state index in [1.54, 1.807) is 49.6 Å². The molecule has 19 heavy (non-hydrogen) atoms. The minimum Gasteiger partial charge on any atom is -0.497 e. The first-order chi connectivity index (χ1) is 9.10. The summed E-state index contributed by atoms with van der Waals surface area (Å²) < 4.78 is 5.04. The van der Waals surface area contributed by atoms with E-state index in [2.05, 4.69) is 5.32 Å². The van der Waals surface area contributed by atoms with Gasteiger partial charge in [-0.3, -0.25) is 4.79 Å². The number of carbonyl (C=O) groups is 1. The molecule has 0 heterocycles. The van der Waals surface area contributed by atoms with Crippen LogP contribution in [0.3, 0.4) is 0 Å². The minimum absolute atomic E-state index is 0.273. The second-order valence-electron chi connectivity index (χ2n) is 4.03. The predicted octanol–water partition coefficient (Wildman–Crippen LogP) is 2.11. The Hall–Kier alpha value is -2.69. The van der Waals surface area contributed by atoms with Gasteiger partial charge in [0.1, 0.15) is 5.75 Å². The van der Waals surface area contributed by atoms with Crippen molar-refractivity contribution in [1.29, 1.82) is 0 Å². The Labute approximate surface area is 111 Å². The van der Waals surface area contributed by atoms with E-state index < -0.39 is 0 Å². The molecule has 0 atom stereocenters. The van der Waals surface area contributed by atoms with Gasteiger partial charge in [0.05, 0.1) is 12.7 Å². The number of anilines is 3. The Balaban J connectivity index is 2.18. The third kappa shape index (κ3) is 2.95. The number of hydrogen-bond donors (Lipinski definition) is 3. The third-order valence-electron chi connectivity index (χ3n) is 2.67. The molecule has 5 nitrogen and oxygen atoms in total. The molecule has 0 bridgehead atoms. The van der Waals surface area contributed by atoms with Crippen LogP contribution in [0.25, 0.3) is 0 Å². The summed E-state index contributed by atoms with van der Waals surface area (Å²) in [6.45, 7) is 0. The molecule has 98 valence electrons. The molecule has 0 aliphatic heterocycles. The largest absolute Gasteiger partial charge is 0.497 e. The third-order valence-corrected chi connectivity index (χ3v) is 2.67. The molecule has 0 radical (unpaired) electrons. The van der Waals surface area contributed by atoms with Crippen molar-refractivity contribution in [3.05, 3.63) is 48.0 Å². The number of carbonyl (C=O) groups excluding carboxylic acids is 1. The molecule has 2 rings (SSSR count). The van der Waals surface area contributed by atoms with E-state index in [0.717, 1.165) is 0 Å². The second-order valence-corrected chi connectivity index (χ2v) is 4.03. The highest BCUT2D eigenvalue weighted by Crippen LogP contribution is 2.21. The zero-order valence-corrected chi connectivity index (χ0v) is 10.5. The SMILES string of the molecule is COc1ccc(C(=O)Nc2ccc(N)cc2)c(N)c1. The quantitative estimate of drug-likeness (QED) is 0.734. The van der Waals surface area contributed by atoms with E-state index in [0.29, 0.717) is 28.4 Å². The molecule has 0 spiro atoms. The van der Waals surface area contributed by atoms with Crippen molar-refractivity contribution < 1.29 is 9.53 Å². The summed E-state index contributed by atoms with van der Waals surface area (Å²) in [6.07, 6.45) is 0. The molecule has 0 fully saturated rings. The summed E-state index contributed by atoms with van der Waals surface area (Å²) in [5.74, 6) is 0.339. The van der Waals surface area contributed by atoms with Crippen molar-refractivity contribution in [2.45, 2.75) is 0 Å². The lowest BCUT2D eigenvalue weighted by Gasteiger charge is -2.09. The molecule has 0 unspecified atom stereocenters. The number of hydrogen-bond acceptors (Lipinski definition) is 4. The maximum Gasteiger partial charge on any atom is 0.257 e. The van der Waals surface area contributed by atoms with Crippen LogP contribution in [-0.2, 0) is 0 Å². The zero-order valence-electron chi connectivity index (χ0n) is 10.5. The second kappa shape index (κ2) is 5.30. The van der Waals surface area contributed by atoms with E-state index in [1.165, 1.54) is 0 Å². The van der Waals surface area contributed by atoms with E-state index in [4.69, 9.17) is 16.2 Å². The topological polar surface area (TPSA) is 90.4 Å². The van der Waals surface area contributed by atoms with Gasteiger partial charge in [-0.2, -0.15) is 0 Å². The Morgan fingerprint density at radius 3 is 2.37 bits per heavy atom. The van der Waals surface area contributed by atoms with Crippen LogP contribution >= 0.6 is 0 Å². The molecule has 5 N–H and O–H groups in total. The zero-order chi connectivity index (χ0) is 13.8. The van der Waals surface area contributed by atoms with Crippen LogP contribution in [0.1, 0.15) is 10.4 Å². The highest BCUT2D eigenvalue weighted by atomic mass is 16.5. The molecule has 0 aliphatic carbocycles. The van der Waals surface area contributed by atoms with Gasteiger partial charge in [-0.15, -0.1) is 0 Å². The van der Waals surface area contributed by atoms with Crippen molar-refractivity contribution in [3.63, 3.8) is 0 Å². The lowest BCUT2D eigenvalue weighted by Crippen LogP contribution is -2.14. The number of nitrogens with one attached hydrogen (secondary N) is 1. The first-order valence-electron chi connectivity index (χ1n) is 5.70. The van der Waals surface area contributed by atoms with Crippen molar-refractivity contribution in [2.24, 2.45) is 0 Å². The summed E-state index contributed by atoms with van der Waals surface area (Å²) in [6, 6.07) is 11.8. The lowest BCUT2D eigenvalue weighted by molar-refractivity contribution is 0.102. The van der Waals surface area contributed by atoms with Crippen LogP contribution in [0.4, 0.5) is 17.1 Å². The molecule has 2 aromatic carbocycles. The number of amides is 1. The molecule has 1 amide bonds. The van der Waals surface area contributed by atoms with Crippen LogP contribution in [0.5, 0.6) is 5.75 Å². The smallest absolute Gasteiger partial charge is 0.257 e. The minimum atomic E-state index is -0.273. The fraction of sp³-hybridized carbons (Fsp3) is 0.0714. The van der Waals surface area contributed by atoms with Crippen molar-refractivity contribution >= 4 is 23.0 Å². The lowest BCUT2D eigenvalue weighted by atomic mass is 10.1. The van der Waals surface area contributed by atoms with E-state index in [-0.39, 0.29) is 5.91 Å². The molecule has 2 aromatic rings. The maximum atomic E-state index is 12.1. The average molecular weight is 257 g/mol. The van der Waals surface area contributed by atoms with Gasteiger partial charge >= 0.3 is 0 Å².